The maximum atomic E-state index is 11.7. The molecule has 5 nitrogen and oxygen atoms in total. The van der Waals surface area contributed by atoms with E-state index in [0.717, 1.165) is 5.56 Å². The largest absolute Gasteiger partial charge is 0.388 e. The highest BCUT2D eigenvalue weighted by molar-refractivity contribution is 5.73. The number of nitrogens with zero attached hydrogens (tertiary/aromatic N) is 1. The molecule has 5 heteroatoms. The van der Waals surface area contributed by atoms with E-state index in [1.807, 2.05) is 19.9 Å². The second-order valence-electron chi connectivity index (χ2n) is 4.78. The number of hydrogen-bond acceptors (Lipinski definition) is 3. The first kappa shape index (κ1) is 16.0. The molecule has 0 atom stereocenters. The van der Waals surface area contributed by atoms with Crippen LogP contribution in [0.4, 0.5) is 4.79 Å². The molecule has 0 aliphatic heterocycles. The lowest BCUT2D eigenvalue weighted by Crippen LogP contribution is -2.45. The number of carbonyl (C=O) groups excluding carboxylic acids is 1. The Morgan fingerprint density at radius 1 is 1.35 bits per heavy atom. The highest BCUT2D eigenvalue weighted by Gasteiger charge is 2.22. The van der Waals surface area contributed by atoms with Gasteiger partial charge in [-0.1, -0.05) is 26.0 Å². The van der Waals surface area contributed by atoms with Gasteiger partial charge >= 0.3 is 6.03 Å². The zero-order valence-electron chi connectivity index (χ0n) is 11.9. The third-order valence-electron chi connectivity index (χ3n) is 3.40. The van der Waals surface area contributed by atoms with E-state index >= 15 is 0 Å². The molecule has 2 amide bonds. The van der Waals surface area contributed by atoms with E-state index in [2.05, 4.69) is 16.7 Å². The Labute approximate surface area is 119 Å². The second kappa shape index (κ2) is 7.51. The number of aliphatic hydroxyl groups is 1. The number of hydrogen-bond donors (Lipinski definition) is 3. The second-order valence-corrected chi connectivity index (χ2v) is 4.78. The summed E-state index contributed by atoms with van der Waals surface area (Å²) in [6.45, 7) is 4.34. The molecule has 3 N–H and O–H groups in total. The number of rotatable bonds is 6. The molecule has 0 saturated carbocycles. The van der Waals surface area contributed by atoms with Crippen LogP contribution in [0.25, 0.3) is 0 Å². The average Bonchev–Trinajstić information content (AvgIpc) is 2.50. The topological polar surface area (TPSA) is 85.2 Å². The summed E-state index contributed by atoms with van der Waals surface area (Å²) in [5.74, 6) is 0. The van der Waals surface area contributed by atoms with Crippen LogP contribution < -0.4 is 10.6 Å². The fraction of sp³-hybridized carbons (Fsp3) is 0.467. The van der Waals surface area contributed by atoms with E-state index in [0.29, 0.717) is 24.9 Å². The van der Waals surface area contributed by atoms with Gasteiger partial charge in [-0.05, 0) is 30.5 Å². The van der Waals surface area contributed by atoms with Crippen LogP contribution in [0, 0.1) is 11.3 Å². The number of benzene rings is 1. The Morgan fingerprint density at radius 2 is 2.05 bits per heavy atom. The molecule has 0 radical (unpaired) electrons. The van der Waals surface area contributed by atoms with E-state index in [9.17, 15) is 9.90 Å². The van der Waals surface area contributed by atoms with Crippen molar-refractivity contribution in [1.29, 1.82) is 5.26 Å². The SMILES string of the molecule is CCC(O)(CC)CNC(=O)NCc1cccc(C#N)c1. The lowest BCUT2D eigenvalue weighted by molar-refractivity contribution is 0.0349. The van der Waals surface area contributed by atoms with Crippen molar-refractivity contribution < 1.29 is 9.90 Å². The predicted molar refractivity (Wildman–Crippen MR) is 76.9 cm³/mol. The van der Waals surface area contributed by atoms with Crippen molar-refractivity contribution in [3.63, 3.8) is 0 Å². The molecule has 108 valence electrons. The summed E-state index contributed by atoms with van der Waals surface area (Å²) in [5.41, 5.74) is 0.578. The maximum absolute atomic E-state index is 11.7. The Bertz CT molecular complexity index is 490. The molecule has 0 aliphatic rings. The predicted octanol–water partition coefficient (Wildman–Crippen LogP) is 1.91. The molecule has 0 heterocycles. The summed E-state index contributed by atoms with van der Waals surface area (Å²) in [5, 5.41) is 24.2. The van der Waals surface area contributed by atoms with Crippen molar-refractivity contribution in [3.05, 3.63) is 35.4 Å². The van der Waals surface area contributed by atoms with Crippen LogP contribution in [0.1, 0.15) is 37.8 Å². The monoisotopic (exact) mass is 275 g/mol. The number of nitriles is 1. The van der Waals surface area contributed by atoms with Crippen molar-refractivity contribution >= 4 is 6.03 Å². The van der Waals surface area contributed by atoms with Gasteiger partial charge in [-0.2, -0.15) is 5.26 Å². The minimum Gasteiger partial charge on any atom is -0.388 e. The molecule has 0 aromatic heterocycles. The zero-order valence-corrected chi connectivity index (χ0v) is 11.9. The van der Waals surface area contributed by atoms with Crippen LogP contribution in [0.15, 0.2) is 24.3 Å². The van der Waals surface area contributed by atoms with E-state index in [-0.39, 0.29) is 12.6 Å². The fourth-order valence-corrected chi connectivity index (χ4v) is 1.74. The number of carbonyl (C=O) groups is 1. The van der Waals surface area contributed by atoms with Gasteiger partial charge in [-0.3, -0.25) is 0 Å². The fourth-order valence-electron chi connectivity index (χ4n) is 1.74. The zero-order chi connectivity index (χ0) is 15.0. The molecule has 0 aliphatic carbocycles. The van der Waals surface area contributed by atoms with Gasteiger partial charge in [-0.15, -0.1) is 0 Å². The quantitative estimate of drug-likeness (QED) is 0.741. The molecule has 1 aromatic rings. The molecule has 0 bridgehead atoms. The molecule has 1 aromatic carbocycles. The third kappa shape index (κ3) is 4.90. The smallest absolute Gasteiger partial charge is 0.315 e. The molecule has 1 rings (SSSR count). The maximum Gasteiger partial charge on any atom is 0.315 e. The first-order valence-electron chi connectivity index (χ1n) is 6.76. The van der Waals surface area contributed by atoms with Gasteiger partial charge in [0.05, 0.1) is 17.2 Å². The average molecular weight is 275 g/mol. The number of nitrogens with one attached hydrogen (secondary N) is 2. The van der Waals surface area contributed by atoms with Gasteiger partial charge in [0.15, 0.2) is 0 Å². The first-order chi connectivity index (χ1) is 9.53. The van der Waals surface area contributed by atoms with Crippen LogP contribution in [-0.2, 0) is 6.54 Å². The Morgan fingerprint density at radius 3 is 2.65 bits per heavy atom. The summed E-state index contributed by atoms with van der Waals surface area (Å²) in [6.07, 6.45) is 1.18. The van der Waals surface area contributed by atoms with Crippen LogP contribution in [-0.4, -0.2) is 23.3 Å². The highest BCUT2D eigenvalue weighted by Crippen LogP contribution is 2.12. The Kier molecular flexibility index (Phi) is 6.01. The summed E-state index contributed by atoms with van der Waals surface area (Å²) in [6, 6.07) is 8.79. The molecular formula is C15H21N3O2. The van der Waals surface area contributed by atoms with Crippen molar-refractivity contribution in [2.45, 2.75) is 38.8 Å². The summed E-state index contributed by atoms with van der Waals surface area (Å²) >= 11 is 0. The molecule has 20 heavy (non-hydrogen) atoms. The van der Waals surface area contributed by atoms with Crippen molar-refractivity contribution in [3.8, 4) is 6.07 Å². The molecule has 0 spiro atoms. The van der Waals surface area contributed by atoms with Crippen molar-refractivity contribution in [2.75, 3.05) is 6.54 Å². The Balaban J connectivity index is 2.42. The Hall–Kier alpha value is -2.06. The van der Waals surface area contributed by atoms with Crippen LogP contribution in [0.2, 0.25) is 0 Å². The standard InChI is InChI=1S/C15H21N3O2/c1-3-15(20,4-2)11-18-14(19)17-10-13-7-5-6-12(8-13)9-16/h5-8,20H,3-4,10-11H2,1-2H3,(H2,17,18,19). The highest BCUT2D eigenvalue weighted by atomic mass is 16.3. The normalized spacial score (nSPS) is 10.7. The first-order valence-corrected chi connectivity index (χ1v) is 6.76. The van der Waals surface area contributed by atoms with E-state index in [1.165, 1.54) is 0 Å². The van der Waals surface area contributed by atoms with Crippen molar-refractivity contribution in [2.24, 2.45) is 0 Å². The van der Waals surface area contributed by atoms with Gasteiger partial charge < -0.3 is 15.7 Å². The molecular weight excluding hydrogens is 254 g/mol. The van der Waals surface area contributed by atoms with E-state index in [1.54, 1.807) is 18.2 Å². The number of urea groups is 1. The van der Waals surface area contributed by atoms with Crippen LogP contribution in [0.3, 0.4) is 0 Å². The summed E-state index contributed by atoms with van der Waals surface area (Å²) in [7, 11) is 0. The van der Waals surface area contributed by atoms with Crippen LogP contribution >= 0.6 is 0 Å². The van der Waals surface area contributed by atoms with Gasteiger partial charge in [0, 0.05) is 13.1 Å². The molecule has 0 unspecified atom stereocenters. The van der Waals surface area contributed by atoms with Gasteiger partial charge in [0.1, 0.15) is 0 Å². The lowest BCUT2D eigenvalue weighted by atomic mass is 9.98. The minimum atomic E-state index is -0.849. The van der Waals surface area contributed by atoms with E-state index < -0.39 is 5.60 Å². The van der Waals surface area contributed by atoms with E-state index in [4.69, 9.17) is 5.26 Å². The van der Waals surface area contributed by atoms with Crippen molar-refractivity contribution in [1.82, 2.24) is 10.6 Å². The van der Waals surface area contributed by atoms with Gasteiger partial charge in [-0.25, -0.2) is 4.79 Å². The summed E-state index contributed by atoms with van der Waals surface area (Å²) < 4.78 is 0. The number of amides is 2. The van der Waals surface area contributed by atoms with Gasteiger partial charge in [0.25, 0.3) is 0 Å². The minimum absolute atomic E-state index is 0.226. The third-order valence-corrected chi connectivity index (χ3v) is 3.40. The molecule has 0 saturated heterocycles. The molecule has 0 fully saturated rings. The van der Waals surface area contributed by atoms with Crippen LogP contribution in [0.5, 0.6) is 0 Å². The summed E-state index contributed by atoms with van der Waals surface area (Å²) in [4.78, 5) is 11.7. The van der Waals surface area contributed by atoms with Gasteiger partial charge in [0.2, 0.25) is 0 Å². The lowest BCUT2D eigenvalue weighted by Gasteiger charge is -2.25.